The molecular weight excluding hydrogens is 316 g/mol. The topological polar surface area (TPSA) is 66.8 Å². The van der Waals surface area contributed by atoms with Crippen molar-refractivity contribution in [3.63, 3.8) is 0 Å². The Labute approximate surface area is 149 Å². The second-order valence-electron chi connectivity index (χ2n) is 8.11. The minimum absolute atomic E-state index is 0.0201. The normalized spacial score (nSPS) is 25.9. The number of fused-ring (bicyclic) bond motifs is 3. The standard InChI is InChI=1S/C21H28O4/c1-10(2)15-18(23)16-14(22)9-13-12(4)11(3)7-8-21(13,5)17(16)19(24)20(15)25-6/h10,13,23-24H,7-9H2,1-6H3/t13-,21-/m0/s1. The van der Waals surface area contributed by atoms with Gasteiger partial charge < -0.3 is 14.9 Å². The first-order valence-electron chi connectivity index (χ1n) is 9.00. The molecule has 2 N–H and O–H groups in total. The molecule has 3 rings (SSSR count). The molecule has 0 saturated heterocycles. The first-order chi connectivity index (χ1) is 11.6. The van der Waals surface area contributed by atoms with E-state index < -0.39 is 0 Å². The number of carbonyl (C=O) groups excluding carboxylic acids is 1. The number of ketones is 1. The van der Waals surface area contributed by atoms with Gasteiger partial charge in [0.1, 0.15) is 5.75 Å². The Balaban J connectivity index is 2.39. The summed E-state index contributed by atoms with van der Waals surface area (Å²) in [7, 11) is 1.49. The van der Waals surface area contributed by atoms with E-state index in [1.165, 1.54) is 18.3 Å². The molecule has 0 heterocycles. The van der Waals surface area contributed by atoms with Crippen LogP contribution >= 0.6 is 0 Å². The highest BCUT2D eigenvalue weighted by atomic mass is 16.5. The van der Waals surface area contributed by atoms with Crippen molar-refractivity contribution in [2.45, 2.75) is 65.2 Å². The van der Waals surface area contributed by atoms with E-state index >= 15 is 0 Å². The van der Waals surface area contributed by atoms with Crippen molar-refractivity contribution in [3.05, 3.63) is 27.8 Å². The van der Waals surface area contributed by atoms with Crippen LogP contribution in [0.25, 0.3) is 0 Å². The van der Waals surface area contributed by atoms with Crippen molar-refractivity contribution < 1.29 is 19.7 Å². The van der Waals surface area contributed by atoms with Crippen molar-refractivity contribution in [1.29, 1.82) is 0 Å². The number of phenolic OH excluding ortho intramolecular Hbond substituents is 2. The van der Waals surface area contributed by atoms with Gasteiger partial charge in [-0.3, -0.25) is 4.79 Å². The van der Waals surface area contributed by atoms with Gasteiger partial charge in [-0.05, 0) is 38.5 Å². The SMILES string of the molecule is COc1c(O)c2c(c(O)c1C(C)C)C(=O)C[C@H]1C(C)=C(C)CC[C@]21C. The molecule has 0 spiro atoms. The molecular formula is C21H28O4. The summed E-state index contributed by atoms with van der Waals surface area (Å²) < 4.78 is 5.46. The van der Waals surface area contributed by atoms with Crippen LogP contribution in [0, 0.1) is 5.92 Å². The molecule has 136 valence electrons. The van der Waals surface area contributed by atoms with E-state index in [4.69, 9.17) is 4.74 Å². The zero-order valence-electron chi connectivity index (χ0n) is 16.0. The molecule has 2 aliphatic carbocycles. The molecule has 0 aromatic heterocycles. The Morgan fingerprint density at radius 3 is 2.40 bits per heavy atom. The molecule has 0 aliphatic heterocycles. The highest BCUT2D eigenvalue weighted by Crippen LogP contribution is 2.59. The Bertz CT molecular complexity index is 788. The molecule has 0 unspecified atom stereocenters. The fourth-order valence-corrected chi connectivity index (χ4v) is 4.85. The smallest absolute Gasteiger partial charge is 0.167 e. The monoisotopic (exact) mass is 344 g/mol. The molecule has 0 radical (unpaired) electrons. The van der Waals surface area contributed by atoms with Crippen LogP contribution in [-0.2, 0) is 5.41 Å². The largest absolute Gasteiger partial charge is 0.507 e. The predicted molar refractivity (Wildman–Crippen MR) is 97.8 cm³/mol. The number of hydrogen-bond donors (Lipinski definition) is 2. The number of Topliss-reactive ketones (excluding diaryl/α,β-unsaturated/α-hetero) is 1. The molecule has 0 amide bonds. The number of methoxy groups -OCH3 is 1. The van der Waals surface area contributed by atoms with Crippen LogP contribution in [0.15, 0.2) is 11.1 Å². The Morgan fingerprint density at radius 2 is 1.84 bits per heavy atom. The van der Waals surface area contributed by atoms with Gasteiger partial charge in [0.2, 0.25) is 0 Å². The van der Waals surface area contributed by atoms with Crippen molar-refractivity contribution in [1.82, 2.24) is 0 Å². The van der Waals surface area contributed by atoms with E-state index in [9.17, 15) is 15.0 Å². The first kappa shape index (κ1) is 17.8. The molecule has 1 aromatic carbocycles. The van der Waals surface area contributed by atoms with Crippen LogP contribution in [0.5, 0.6) is 17.2 Å². The Kier molecular flexibility index (Phi) is 4.13. The fraction of sp³-hybridized carbons (Fsp3) is 0.571. The van der Waals surface area contributed by atoms with Crippen molar-refractivity contribution in [2.24, 2.45) is 5.92 Å². The molecule has 4 nitrogen and oxygen atoms in total. The molecule has 4 heteroatoms. The van der Waals surface area contributed by atoms with E-state index in [-0.39, 0.29) is 34.5 Å². The summed E-state index contributed by atoms with van der Waals surface area (Å²) in [6.45, 7) is 10.1. The highest BCUT2D eigenvalue weighted by Gasteiger charge is 2.50. The fourth-order valence-electron chi connectivity index (χ4n) is 4.85. The van der Waals surface area contributed by atoms with E-state index in [0.717, 1.165) is 12.8 Å². The molecule has 0 saturated carbocycles. The lowest BCUT2D eigenvalue weighted by molar-refractivity contribution is 0.0904. The molecule has 0 bridgehead atoms. The summed E-state index contributed by atoms with van der Waals surface area (Å²) in [5.74, 6) is 0.190. The van der Waals surface area contributed by atoms with Gasteiger partial charge in [0.05, 0.1) is 12.7 Å². The summed E-state index contributed by atoms with van der Waals surface area (Å²) in [4.78, 5) is 12.9. The third-order valence-electron chi connectivity index (χ3n) is 6.44. The maximum absolute atomic E-state index is 12.9. The average molecular weight is 344 g/mol. The van der Waals surface area contributed by atoms with Gasteiger partial charge in [-0.15, -0.1) is 0 Å². The maximum atomic E-state index is 12.9. The van der Waals surface area contributed by atoms with Crippen LogP contribution in [0.4, 0.5) is 0 Å². The molecule has 1 aromatic rings. The molecule has 2 aliphatic rings. The third-order valence-corrected chi connectivity index (χ3v) is 6.44. The van der Waals surface area contributed by atoms with Crippen molar-refractivity contribution in [3.8, 4) is 17.2 Å². The highest BCUT2D eigenvalue weighted by molar-refractivity contribution is 6.04. The minimum atomic E-state index is -0.378. The Hall–Kier alpha value is -1.97. The lowest BCUT2D eigenvalue weighted by Gasteiger charge is -2.47. The lowest BCUT2D eigenvalue weighted by atomic mass is 9.56. The number of benzene rings is 1. The van der Waals surface area contributed by atoms with E-state index in [2.05, 4.69) is 20.8 Å². The van der Waals surface area contributed by atoms with E-state index in [1.54, 1.807) is 0 Å². The zero-order valence-corrected chi connectivity index (χ0v) is 16.0. The summed E-state index contributed by atoms with van der Waals surface area (Å²) in [6.07, 6.45) is 2.16. The summed E-state index contributed by atoms with van der Waals surface area (Å²) in [5, 5.41) is 22.0. The van der Waals surface area contributed by atoms with E-state index in [0.29, 0.717) is 28.9 Å². The van der Waals surface area contributed by atoms with Crippen LogP contribution < -0.4 is 4.74 Å². The summed E-state index contributed by atoms with van der Waals surface area (Å²) in [5.41, 5.74) is 3.56. The molecule has 25 heavy (non-hydrogen) atoms. The lowest BCUT2D eigenvalue weighted by Crippen LogP contribution is -2.42. The maximum Gasteiger partial charge on any atom is 0.167 e. The predicted octanol–water partition coefficient (Wildman–Crippen LogP) is 4.82. The number of phenols is 2. The van der Waals surface area contributed by atoms with E-state index in [1.807, 2.05) is 13.8 Å². The third kappa shape index (κ3) is 2.30. The van der Waals surface area contributed by atoms with Crippen LogP contribution in [0.3, 0.4) is 0 Å². The van der Waals surface area contributed by atoms with Crippen molar-refractivity contribution in [2.75, 3.05) is 7.11 Å². The number of allylic oxidation sites excluding steroid dienone is 2. The van der Waals surface area contributed by atoms with Gasteiger partial charge in [-0.1, -0.05) is 31.9 Å². The second kappa shape index (κ2) is 5.79. The first-order valence-corrected chi connectivity index (χ1v) is 9.00. The van der Waals surface area contributed by atoms with Crippen LogP contribution in [0.2, 0.25) is 0 Å². The van der Waals surface area contributed by atoms with Crippen LogP contribution in [-0.4, -0.2) is 23.1 Å². The van der Waals surface area contributed by atoms with Gasteiger partial charge in [-0.2, -0.15) is 0 Å². The number of aromatic hydroxyl groups is 2. The molecule has 2 atom stereocenters. The van der Waals surface area contributed by atoms with Gasteiger partial charge in [0.15, 0.2) is 17.3 Å². The van der Waals surface area contributed by atoms with Crippen LogP contribution in [0.1, 0.15) is 81.3 Å². The summed E-state index contributed by atoms with van der Waals surface area (Å²) >= 11 is 0. The van der Waals surface area contributed by atoms with Crippen molar-refractivity contribution >= 4 is 5.78 Å². The Morgan fingerprint density at radius 1 is 1.20 bits per heavy atom. The zero-order chi connectivity index (χ0) is 18.7. The van der Waals surface area contributed by atoms with Gasteiger partial charge in [0, 0.05) is 23.0 Å². The second-order valence-corrected chi connectivity index (χ2v) is 8.11. The van der Waals surface area contributed by atoms with Gasteiger partial charge in [0.25, 0.3) is 0 Å². The van der Waals surface area contributed by atoms with Gasteiger partial charge >= 0.3 is 0 Å². The number of ether oxygens (including phenoxy) is 1. The minimum Gasteiger partial charge on any atom is -0.507 e. The van der Waals surface area contributed by atoms with Gasteiger partial charge in [-0.25, -0.2) is 0 Å². The number of hydrogen-bond acceptors (Lipinski definition) is 4. The summed E-state index contributed by atoms with van der Waals surface area (Å²) in [6, 6.07) is 0. The molecule has 0 fully saturated rings. The number of rotatable bonds is 2. The number of carbonyl (C=O) groups is 1. The average Bonchev–Trinajstić information content (AvgIpc) is 2.55. The quantitative estimate of drug-likeness (QED) is 0.596.